The van der Waals surface area contributed by atoms with Gasteiger partial charge in [-0.2, -0.15) is 0 Å². The summed E-state index contributed by atoms with van der Waals surface area (Å²) in [5.74, 6) is 0.479. The predicted octanol–water partition coefficient (Wildman–Crippen LogP) is 7.30. The zero-order valence-corrected chi connectivity index (χ0v) is 24.2. The number of nitrogens with one attached hydrogen (secondary N) is 1. The van der Waals surface area contributed by atoms with E-state index < -0.39 is 4.92 Å². The molecule has 3 aromatic rings. The summed E-state index contributed by atoms with van der Waals surface area (Å²) in [7, 11) is 0. The fourth-order valence-corrected chi connectivity index (χ4v) is 5.61. The lowest BCUT2D eigenvalue weighted by atomic mass is 10.2. The normalized spacial score (nSPS) is 10.6. The maximum absolute atomic E-state index is 12.9. The van der Waals surface area contributed by atoms with Crippen molar-refractivity contribution in [2.75, 3.05) is 23.3 Å². The predicted molar refractivity (Wildman–Crippen MR) is 156 cm³/mol. The van der Waals surface area contributed by atoms with E-state index in [2.05, 4.69) is 91.8 Å². The maximum atomic E-state index is 12.9. The van der Waals surface area contributed by atoms with E-state index in [1.807, 2.05) is 24.3 Å². The summed E-state index contributed by atoms with van der Waals surface area (Å²) in [5.41, 5.74) is 1.62. The largest absolute Gasteiger partial charge is 0.457 e. The van der Waals surface area contributed by atoms with Crippen LogP contribution in [0.5, 0.6) is 11.5 Å². The Morgan fingerprint density at radius 2 is 1.76 bits per heavy atom. The van der Waals surface area contributed by atoms with Gasteiger partial charge >= 0.3 is 0 Å². The van der Waals surface area contributed by atoms with E-state index in [1.54, 1.807) is 18.2 Å². The van der Waals surface area contributed by atoms with E-state index in [4.69, 9.17) is 4.74 Å². The van der Waals surface area contributed by atoms with Gasteiger partial charge in [-0.05, 0) is 106 Å². The van der Waals surface area contributed by atoms with Crippen molar-refractivity contribution in [3.63, 3.8) is 0 Å². The molecule has 1 N–H and O–H groups in total. The molecule has 0 saturated heterocycles. The number of carbonyl (C=O) groups is 1. The van der Waals surface area contributed by atoms with Gasteiger partial charge in [-0.1, -0.05) is 6.07 Å². The van der Waals surface area contributed by atoms with E-state index >= 15 is 0 Å². The van der Waals surface area contributed by atoms with Gasteiger partial charge in [0.15, 0.2) is 0 Å². The number of hydrogen-bond donors (Lipinski definition) is 1. The van der Waals surface area contributed by atoms with Crippen molar-refractivity contribution in [1.29, 1.82) is 0 Å². The SMILES string of the molecule is CCN(CC)c1cccc(Oc2cc(NC(=O)c3cc(I)cc(I)c3I)cc([N+](=O)[O-])c2)c1. The first-order chi connectivity index (χ1) is 15.7. The van der Waals surface area contributed by atoms with Gasteiger partial charge in [-0.15, -0.1) is 0 Å². The number of carbonyl (C=O) groups excluding carboxylic acids is 1. The first-order valence-electron chi connectivity index (χ1n) is 10.00. The van der Waals surface area contributed by atoms with E-state index in [-0.39, 0.29) is 23.0 Å². The van der Waals surface area contributed by atoms with Crippen LogP contribution in [-0.2, 0) is 0 Å². The average Bonchev–Trinajstić information content (AvgIpc) is 2.77. The summed E-state index contributed by atoms with van der Waals surface area (Å²) in [6, 6.07) is 15.6. The highest BCUT2D eigenvalue weighted by molar-refractivity contribution is 14.1. The molecule has 0 atom stereocenters. The van der Waals surface area contributed by atoms with Crippen LogP contribution < -0.4 is 15.0 Å². The first-order valence-corrected chi connectivity index (χ1v) is 13.2. The molecular formula is C23H20I3N3O4. The molecule has 0 aliphatic heterocycles. The van der Waals surface area contributed by atoms with Gasteiger partial charge in [0.05, 0.1) is 22.2 Å². The van der Waals surface area contributed by atoms with Crippen molar-refractivity contribution >= 4 is 90.7 Å². The van der Waals surface area contributed by atoms with Crippen LogP contribution in [0.1, 0.15) is 24.2 Å². The Morgan fingerprint density at radius 1 is 1.03 bits per heavy atom. The van der Waals surface area contributed by atoms with Crippen molar-refractivity contribution in [2.24, 2.45) is 0 Å². The van der Waals surface area contributed by atoms with E-state index in [9.17, 15) is 14.9 Å². The molecule has 3 rings (SSSR count). The number of nitro groups is 1. The molecule has 0 heterocycles. The number of halogens is 3. The van der Waals surface area contributed by atoms with Crippen molar-refractivity contribution < 1.29 is 14.5 Å². The van der Waals surface area contributed by atoms with Crippen LogP contribution in [0.4, 0.5) is 17.1 Å². The molecule has 172 valence electrons. The summed E-state index contributed by atoms with van der Waals surface area (Å²) in [4.78, 5) is 26.1. The van der Waals surface area contributed by atoms with Gasteiger partial charge in [0, 0.05) is 47.7 Å². The standard InChI is InChI=1S/C23H20I3N3O4/c1-3-28(4-2)16-6-5-7-18(12-16)33-19-11-15(10-17(13-19)29(31)32)27-23(30)20-8-14(24)9-21(25)22(20)26/h5-13H,3-4H2,1-2H3,(H,27,30). The number of ether oxygens (including phenoxy) is 1. The number of rotatable bonds is 8. The molecule has 7 nitrogen and oxygen atoms in total. The highest BCUT2D eigenvalue weighted by atomic mass is 127. The summed E-state index contributed by atoms with van der Waals surface area (Å²) in [6.07, 6.45) is 0. The number of nitro benzene ring substituents is 1. The quantitative estimate of drug-likeness (QED) is 0.112. The monoisotopic (exact) mass is 783 g/mol. The summed E-state index contributed by atoms with van der Waals surface area (Å²) in [6.45, 7) is 5.84. The molecule has 10 heteroatoms. The number of hydrogen-bond acceptors (Lipinski definition) is 5. The van der Waals surface area contributed by atoms with Crippen molar-refractivity contribution in [1.82, 2.24) is 0 Å². The Bertz CT molecular complexity index is 1200. The van der Waals surface area contributed by atoms with Crippen LogP contribution in [0, 0.1) is 20.8 Å². The zero-order valence-electron chi connectivity index (χ0n) is 17.8. The smallest absolute Gasteiger partial charge is 0.275 e. The second-order valence-electron chi connectivity index (χ2n) is 6.95. The molecular weight excluding hydrogens is 763 g/mol. The summed E-state index contributed by atoms with van der Waals surface area (Å²) >= 11 is 6.46. The van der Waals surface area contributed by atoms with Gasteiger partial charge in [-0.3, -0.25) is 14.9 Å². The van der Waals surface area contributed by atoms with Crippen LogP contribution >= 0.6 is 67.8 Å². The minimum atomic E-state index is -0.507. The van der Waals surface area contributed by atoms with Crippen molar-refractivity contribution in [2.45, 2.75) is 13.8 Å². The average molecular weight is 783 g/mol. The topological polar surface area (TPSA) is 84.7 Å². The second-order valence-corrected chi connectivity index (χ2v) is 10.4. The van der Waals surface area contributed by atoms with Gasteiger partial charge in [0.2, 0.25) is 0 Å². The second kappa shape index (κ2) is 11.6. The van der Waals surface area contributed by atoms with Gasteiger partial charge in [-0.25, -0.2) is 0 Å². The molecule has 0 fully saturated rings. The van der Waals surface area contributed by atoms with Crippen LogP contribution in [0.3, 0.4) is 0 Å². The third-order valence-corrected chi connectivity index (χ3v) is 8.45. The maximum Gasteiger partial charge on any atom is 0.275 e. The van der Waals surface area contributed by atoms with Gasteiger partial charge in [0.1, 0.15) is 11.5 Å². The minimum absolute atomic E-state index is 0.172. The lowest BCUT2D eigenvalue weighted by Crippen LogP contribution is -2.21. The Labute approximate surface area is 232 Å². The number of anilines is 2. The number of amides is 1. The lowest BCUT2D eigenvalue weighted by Gasteiger charge is -2.21. The number of nitrogens with zero attached hydrogens (tertiary/aromatic N) is 2. The van der Waals surface area contributed by atoms with Crippen molar-refractivity contribution in [3.05, 3.63) is 81.0 Å². The molecule has 1 amide bonds. The highest BCUT2D eigenvalue weighted by Gasteiger charge is 2.17. The molecule has 0 aromatic heterocycles. The van der Waals surface area contributed by atoms with E-state index in [0.717, 1.165) is 29.5 Å². The fraction of sp³-hybridized carbons (Fsp3) is 0.174. The van der Waals surface area contributed by atoms with E-state index in [1.165, 1.54) is 12.1 Å². The number of benzene rings is 3. The molecule has 33 heavy (non-hydrogen) atoms. The molecule has 0 bridgehead atoms. The Hall–Kier alpha value is -1.68. The van der Waals surface area contributed by atoms with Crippen LogP contribution in [0.25, 0.3) is 0 Å². The molecule has 3 aromatic carbocycles. The lowest BCUT2D eigenvalue weighted by molar-refractivity contribution is -0.384. The molecule has 0 radical (unpaired) electrons. The minimum Gasteiger partial charge on any atom is -0.457 e. The highest BCUT2D eigenvalue weighted by Crippen LogP contribution is 2.32. The van der Waals surface area contributed by atoms with Gasteiger partial charge in [0.25, 0.3) is 11.6 Å². The molecule has 0 unspecified atom stereocenters. The van der Waals surface area contributed by atoms with E-state index in [0.29, 0.717) is 11.3 Å². The Kier molecular flexibility index (Phi) is 9.15. The third kappa shape index (κ3) is 6.68. The molecule has 0 aliphatic rings. The molecule has 0 spiro atoms. The fourth-order valence-electron chi connectivity index (χ4n) is 3.21. The molecule has 0 aliphatic carbocycles. The number of non-ortho nitro benzene ring substituents is 1. The van der Waals surface area contributed by atoms with Crippen LogP contribution in [-0.4, -0.2) is 23.9 Å². The van der Waals surface area contributed by atoms with Crippen LogP contribution in [0.15, 0.2) is 54.6 Å². The zero-order chi connectivity index (χ0) is 24.1. The van der Waals surface area contributed by atoms with Crippen LogP contribution in [0.2, 0.25) is 0 Å². The van der Waals surface area contributed by atoms with Crippen molar-refractivity contribution in [3.8, 4) is 11.5 Å². The van der Waals surface area contributed by atoms with Gasteiger partial charge < -0.3 is 15.0 Å². The first kappa shape index (κ1) is 25.9. The summed E-state index contributed by atoms with van der Waals surface area (Å²) < 4.78 is 8.66. The summed E-state index contributed by atoms with van der Waals surface area (Å²) in [5, 5.41) is 14.3. The molecule has 0 saturated carbocycles. The Balaban J connectivity index is 1.92. The Morgan fingerprint density at radius 3 is 2.42 bits per heavy atom. The third-order valence-electron chi connectivity index (χ3n) is 4.78.